The first kappa shape index (κ1) is 15.2. The fourth-order valence-electron chi connectivity index (χ4n) is 1.46. The van der Waals surface area contributed by atoms with E-state index < -0.39 is 10.0 Å². The molecule has 1 heterocycles. The van der Waals surface area contributed by atoms with Crippen LogP contribution in [0.15, 0.2) is 17.2 Å². The number of nitrogens with one attached hydrogen (secondary N) is 3. The highest BCUT2D eigenvalue weighted by atomic mass is 32.2. The van der Waals surface area contributed by atoms with Crippen molar-refractivity contribution in [2.75, 3.05) is 6.54 Å². The van der Waals surface area contributed by atoms with Crippen molar-refractivity contribution in [3.63, 3.8) is 0 Å². The van der Waals surface area contributed by atoms with E-state index in [0.29, 0.717) is 24.0 Å². The van der Waals surface area contributed by atoms with Gasteiger partial charge in [0.1, 0.15) is 0 Å². The molecule has 0 spiro atoms. The van der Waals surface area contributed by atoms with Crippen LogP contribution in [0.2, 0.25) is 0 Å². The monoisotopic (exact) mass is 273 g/mol. The summed E-state index contributed by atoms with van der Waals surface area (Å²) in [4.78, 5) is 3.28. The van der Waals surface area contributed by atoms with Gasteiger partial charge in [0.15, 0.2) is 0 Å². The first-order valence-electron chi connectivity index (χ1n) is 6.36. The van der Waals surface area contributed by atoms with Crippen molar-refractivity contribution >= 4 is 10.0 Å². The van der Waals surface area contributed by atoms with Crippen molar-refractivity contribution in [3.8, 4) is 0 Å². The van der Waals surface area contributed by atoms with E-state index in [1.165, 1.54) is 6.20 Å². The predicted octanol–water partition coefficient (Wildman–Crippen LogP) is 1.59. The van der Waals surface area contributed by atoms with Crippen LogP contribution in [0.25, 0.3) is 0 Å². The van der Waals surface area contributed by atoms with E-state index in [1.54, 1.807) is 6.07 Å². The summed E-state index contributed by atoms with van der Waals surface area (Å²) in [7, 11) is -3.36. The van der Waals surface area contributed by atoms with Gasteiger partial charge in [0.05, 0.1) is 4.90 Å². The molecule has 5 nitrogen and oxygen atoms in total. The van der Waals surface area contributed by atoms with E-state index in [0.717, 1.165) is 18.5 Å². The molecule has 3 N–H and O–H groups in total. The zero-order chi connectivity index (χ0) is 13.6. The summed E-state index contributed by atoms with van der Waals surface area (Å²) < 4.78 is 26.4. The molecule has 1 aromatic rings. The number of unbranched alkanes of at least 4 members (excludes halogenated alkanes) is 1. The van der Waals surface area contributed by atoms with Crippen LogP contribution in [0, 0.1) is 0 Å². The Balaban J connectivity index is 2.60. The lowest BCUT2D eigenvalue weighted by Gasteiger charge is -2.05. The number of aromatic amines is 1. The fraction of sp³-hybridized carbons (Fsp3) is 0.667. The van der Waals surface area contributed by atoms with E-state index in [-0.39, 0.29) is 0 Å². The topological polar surface area (TPSA) is 74.0 Å². The Morgan fingerprint density at radius 2 is 2.11 bits per heavy atom. The molecule has 0 unspecified atom stereocenters. The van der Waals surface area contributed by atoms with Gasteiger partial charge in [-0.05, 0) is 12.5 Å². The zero-order valence-electron chi connectivity index (χ0n) is 11.3. The first-order valence-corrected chi connectivity index (χ1v) is 7.84. The van der Waals surface area contributed by atoms with Gasteiger partial charge >= 0.3 is 0 Å². The Kier molecular flexibility index (Phi) is 5.84. The maximum absolute atomic E-state index is 11.9. The average Bonchev–Trinajstić information content (AvgIpc) is 2.76. The third kappa shape index (κ3) is 4.80. The zero-order valence-corrected chi connectivity index (χ0v) is 12.1. The molecular weight excluding hydrogens is 250 g/mol. The van der Waals surface area contributed by atoms with Gasteiger partial charge in [-0.2, -0.15) is 0 Å². The van der Waals surface area contributed by atoms with Gasteiger partial charge in [-0.3, -0.25) is 0 Å². The minimum atomic E-state index is -3.36. The highest BCUT2D eigenvalue weighted by Gasteiger charge is 2.15. The van der Waals surface area contributed by atoms with Crippen molar-refractivity contribution in [1.82, 2.24) is 15.0 Å². The van der Waals surface area contributed by atoms with E-state index in [2.05, 4.69) is 15.0 Å². The molecule has 0 saturated heterocycles. The molecule has 0 aliphatic heterocycles. The number of H-pyrrole nitrogens is 1. The van der Waals surface area contributed by atoms with E-state index in [1.807, 2.05) is 20.8 Å². The highest BCUT2D eigenvalue weighted by molar-refractivity contribution is 7.89. The third-order valence-corrected chi connectivity index (χ3v) is 3.99. The van der Waals surface area contributed by atoms with Gasteiger partial charge in [0, 0.05) is 31.0 Å². The smallest absolute Gasteiger partial charge is 0.242 e. The Hall–Kier alpha value is -0.850. The van der Waals surface area contributed by atoms with E-state index >= 15 is 0 Å². The largest absolute Gasteiger partial charge is 0.363 e. The predicted molar refractivity (Wildman–Crippen MR) is 72.9 cm³/mol. The van der Waals surface area contributed by atoms with Crippen LogP contribution < -0.4 is 10.0 Å². The number of hydrogen-bond donors (Lipinski definition) is 3. The van der Waals surface area contributed by atoms with Gasteiger partial charge in [0.2, 0.25) is 10.0 Å². The summed E-state index contributed by atoms with van der Waals surface area (Å²) in [6.07, 6.45) is 3.36. The van der Waals surface area contributed by atoms with Gasteiger partial charge in [0.25, 0.3) is 0 Å². The Bertz CT molecular complexity index is 452. The molecule has 1 rings (SSSR count). The second kappa shape index (κ2) is 6.92. The molecule has 0 bridgehead atoms. The second-order valence-electron chi connectivity index (χ2n) is 4.65. The maximum atomic E-state index is 11.9. The molecule has 0 atom stereocenters. The standard InChI is InChI=1S/C12H23N3O2S/c1-4-5-6-15-18(16,17)12-7-11(14-9-12)8-13-10(2)3/h7,9-10,13-15H,4-6,8H2,1-3H3. The second-order valence-corrected chi connectivity index (χ2v) is 6.41. The summed E-state index contributed by atoms with van der Waals surface area (Å²) in [5.74, 6) is 0. The summed E-state index contributed by atoms with van der Waals surface area (Å²) in [5, 5.41) is 3.23. The summed E-state index contributed by atoms with van der Waals surface area (Å²) in [5.41, 5.74) is 0.875. The first-order chi connectivity index (χ1) is 8.45. The van der Waals surface area contributed by atoms with Gasteiger partial charge in [-0.1, -0.05) is 27.2 Å². The average molecular weight is 273 g/mol. The van der Waals surface area contributed by atoms with Crippen LogP contribution in [0.1, 0.15) is 39.3 Å². The van der Waals surface area contributed by atoms with Crippen LogP contribution in [0.5, 0.6) is 0 Å². The van der Waals surface area contributed by atoms with Crippen LogP contribution in [-0.4, -0.2) is 26.0 Å². The molecule has 6 heteroatoms. The van der Waals surface area contributed by atoms with Crippen LogP contribution in [0.3, 0.4) is 0 Å². The van der Waals surface area contributed by atoms with Gasteiger partial charge in [-0.15, -0.1) is 0 Å². The Morgan fingerprint density at radius 3 is 2.72 bits per heavy atom. The molecule has 0 aliphatic carbocycles. The Labute approximate surface area is 109 Å². The number of aromatic nitrogens is 1. The maximum Gasteiger partial charge on any atom is 0.242 e. The summed E-state index contributed by atoms with van der Waals surface area (Å²) >= 11 is 0. The van der Waals surface area contributed by atoms with Crippen molar-refractivity contribution in [3.05, 3.63) is 18.0 Å². The number of hydrogen-bond acceptors (Lipinski definition) is 3. The highest BCUT2D eigenvalue weighted by Crippen LogP contribution is 2.10. The van der Waals surface area contributed by atoms with Crippen molar-refractivity contribution < 1.29 is 8.42 Å². The molecule has 0 aromatic carbocycles. The fourth-order valence-corrected chi connectivity index (χ4v) is 2.55. The molecule has 0 aliphatic rings. The molecule has 1 aromatic heterocycles. The van der Waals surface area contributed by atoms with E-state index in [9.17, 15) is 8.42 Å². The lowest BCUT2D eigenvalue weighted by molar-refractivity contribution is 0.578. The van der Waals surface area contributed by atoms with Crippen LogP contribution >= 0.6 is 0 Å². The number of rotatable bonds is 8. The normalized spacial score (nSPS) is 12.2. The quantitative estimate of drug-likeness (QED) is 0.630. The van der Waals surface area contributed by atoms with E-state index in [4.69, 9.17) is 0 Å². The number of sulfonamides is 1. The molecule has 18 heavy (non-hydrogen) atoms. The lowest BCUT2D eigenvalue weighted by Crippen LogP contribution is -2.24. The molecule has 0 saturated carbocycles. The van der Waals surface area contributed by atoms with Crippen molar-refractivity contribution in [1.29, 1.82) is 0 Å². The van der Waals surface area contributed by atoms with Gasteiger partial charge < -0.3 is 10.3 Å². The molecule has 0 fully saturated rings. The summed E-state index contributed by atoms with van der Waals surface area (Å²) in [6, 6.07) is 2.04. The van der Waals surface area contributed by atoms with Crippen molar-refractivity contribution in [2.45, 2.75) is 51.1 Å². The van der Waals surface area contributed by atoms with Gasteiger partial charge in [-0.25, -0.2) is 13.1 Å². The molecule has 0 radical (unpaired) electrons. The minimum Gasteiger partial charge on any atom is -0.363 e. The third-order valence-electron chi connectivity index (χ3n) is 2.55. The summed E-state index contributed by atoms with van der Waals surface area (Å²) in [6.45, 7) is 7.26. The SMILES string of the molecule is CCCCNS(=O)(=O)c1c[nH]c(CNC(C)C)c1. The lowest BCUT2D eigenvalue weighted by atomic mass is 10.3. The van der Waals surface area contributed by atoms with Crippen molar-refractivity contribution in [2.24, 2.45) is 0 Å². The Morgan fingerprint density at radius 1 is 1.39 bits per heavy atom. The molecule has 0 amide bonds. The van der Waals surface area contributed by atoms with Crippen LogP contribution in [0.4, 0.5) is 0 Å². The molecular formula is C12H23N3O2S. The molecule has 104 valence electrons. The minimum absolute atomic E-state index is 0.305. The van der Waals surface area contributed by atoms with Crippen LogP contribution in [-0.2, 0) is 16.6 Å².